The van der Waals surface area contributed by atoms with E-state index in [-0.39, 0.29) is 0 Å². The highest BCUT2D eigenvalue weighted by Gasteiger charge is 2.13. The highest BCUT2D eigenvalue weighted by Crippen LogP contribution is 2.21. The molecule has 0 amide bonds. The van der Waals surface area contributed by atoms with Crippen LogP contribution in [0.1, 0.15) is 18.4 Å². The summed E-state index contributed by atoms with van der Waals surface area (Å²) in [4.78, 5) is 10.8. The largest absolute Gasteiger partial charge is 0.380 e. The van der Waals surface area contributed by atoms with Crippen molar-refractivity contribution >= 4 is 23.1 Å². The van der Waals surface area contributed by atoms with Gasteiger partial charge in [0.25, 0.3) is 0 Å². The summed E-state index contributed by atoms with van der Waals surface area (Å²) in [6, 6.07) is 6.06. The molecule has 0 unspecified atom stereocenters. The van der Waals surface area contributed by atoms with Crippen LogP contribution in [0.4, 0.5) is 11.5 Å². The highest BCUT2D eigenvalue weighted by molar-refractivity contribution is 6.33. The SMILES string of the molecule is Clc1cnccc1NCc1ccnc(N2CCCC2)c1. The second kappa shape index (κ2) is 6.09. The maximum absolute atomic E-state index is 6.08. The molecule has 1 aliphatic heterocycles. The van der Waals surface area contributed by atoms with E-state index in [2.05, 4.69) is 26.3 Å². The smallest absolute Gasteiger partial charge is 0.128 e. The van der Waals surface area contributed by atoms with Crippen molar-refractivity contribution in [1.82, 2.24) is 9.97 Å². The van der Waals surface area contributed by atoms with Crippen LogP contribution in [0.25, 0.3) is 0 Å². The Morgan fingerprint density at radius 3 is 2.85 bits per heavy atom. The second-order valence-corrected chi connectivity index (χ2v) is 5.33. The molecular weight excluding hydrogens is 272 g/mol. The summed E-state index contributed by atoms with van der Waals surface area (Å²) in [6.45, 7) is 2.95. The Hall–Kier alpha value is -1.81. The standard InChI is InChI=1S/C15H17ClN4/c16-13-11-17-5-4-14(13)19-10-12-3-6-18-15(9-12)20-7-1-2-8-20/h3-6,9,11H,1-2,7-8,10H2,(H,17,19). The molecule has 2 aromatic rings. The predicted octanol–water partition coefficient (Wildman–Crippen LogP) is 3.34. The summed E-state index contributed by atoms with van der Waals surface area (Å²) in [7, 11) is 0. The fourth-order valence-corrected chi connectivity index (χ4v) is 2.59. The van der Waals surface area contributed by atoms with Gasteiger partial charge in [-0.3, -0.25) is 4.98 Å². The first-order valence-corrected chi connectivity index (χ1v) is 7.24. The third-order valence-electron chi connectivity index (χ3n) is 3.50. The number of rotatable bonds is 4. The molecule has 3 rings (SSSR count). The lowest BCUT2D eigenvalue weighted by Crippen LogP contribution is -2.19. The molecule has 5 heteroatoms. The first-order chi connectivity index (χ1) is 9.83. The molecule has 0 spiro atoms. The fraction of sp³-hybridized carbons (Fsp3) is 0.333. The van der Waals surface area contributed by atoms with Crippen molar-refractivity contribution in [1.29, 1.82) is 0 Å². The molecule has 4 nitrogen and oxygen atoms in total. The molecule has 1 fully saturated rings. The average molecular weight is 289 g/mol. The number of anilines is 2. The van der Waals surface area contributed by atoms with Crippen molar-refractivity contribution < 1.29 is 0 Å². The third kappa shape index (κ3) is 3.02. The molecule has 0 radical (unpaired) electrons. The maximum atomic E-state index is 6.08. The van der Waals surface area contributed by atoms with Crippen LogP contribution in [0, 0.1) is 0 Å². The number of hydrogen-bond donors (Lipinski definition) is 1. The number of halogens is 1. The first-order valence-electron chi connectivity index (χ1n) is 6.86. The van der Waals surface area contributed by atoms with Gasteiger partial charge in [0.05, 0.1) is 10.7 Å². The predicted molar refractivity (Wildman–Crippen MR) is 82.3 cm³/mol. The van der Waals surface area contributed by atoms with Gasteiger partial charge in [0.2, 0.25) is 0 Å². The summed E-state index contributed by atoms with van der Waals surface area (Å²) >= 11 is 6.08. The van der Waals surface area contributed by atoms with Gasteiger partial charge in [-0.2, -0.15) is 0 Å². The van der Waals surface area contributed by atoms with E-state index in [1.54, 1.807) is 12.4 Å². The molecule has 3 heterocycles. The summed E-state index contributed by atoms with van der Waals surface area (Å²) in [5, 5.41) is 3.97. The molecule has 0 aromatic carbocycles. The monoisotopic (exact) mass is 288 g/mol. The van der Waals surface area contributed by atoms with Crippen LogP contribution in [0.2, 0.25) is 5.02 Å². The van der Waals surface area contributed by atoms with E-state index in [1.807, 2.05) is 18.3 Å². The topological polar surface area (TPSA) is 41.1 Å². The Kier molecular flexibility index (Phi) is 4.02. The Bertz CT molecular complexity index is 582. The number of aromatic nitrogens is 2. The Balaban J connectivity index is 1.68. The fourth-order valence-electron chi connectivity index (χ4n) is 2.41. The van der Waals surface area contributed by atoms with Gasteiger partial charge >= 0.3 is 0 Å². The lowest BCUT2D eigenvalue weighted by molar-refractivity contribution is 0.931. The second-order valence-electron chi connectivity index (χ2n) is 4.93. The van der Waals surface area contributed by atoms with E-state index >= 15 is 0 Å². The minimum atomic E-state index is 0.640. The summed E-state index contributed by atoms with van der Waals surface area (Å²) < 4.78 is 0. The molecule has 0 atom stereocenters. The maximum Gasteiger partial charge on any atom is 0.128 e. The van der Waals surface area contributed by atoms with E-state index in [1.165, 1.54) is 18.4 Å². The van der Waals surface area contributed by atoms with E-state index in [4.69, 9.17) is 11.6 Å². The van der Waals surface area contributed by atoms with Crippen LogP contribution in [0.5, 0.6) is 0 Å². The van der Waals surface area contributed by atoms with Crippen molar-refractivity contribution in [3.63, 3.8) is 0 Å². The van der Waals surface area contributed by atoms with Gasteiger partial charge in [0.1, 0.15) is 5.82 Å². The Labute approximate surface area is 123 Å². The van der Waals surface area contributed by atoms with Crippen LogP contribution in [0.3, 0.4) is 0 Å². The van der Waals surface area contributed by atoms with Crippen molar-refractivity contribution in [2.75, 3.05) is 23.3 Å². The van der Waals surface area contributed by atoms with Crippen LogP contribution in [-0.4, -0.2) is 23.1 Å². The van der Waals surface area contributed by atoms with Crippen LogP contribution >= 0.6 is 11.6 Å². The lowest BCUT2D eigenvalue weighted by atomic mass is 10.2. The molecule has 1 saturated heterocycles. The van der Waals surface area contributed by atoms with Gasteiger partial charge in [-0.1, -0.05) is 11.6 Å². The van der Waals surface area contributed by atoms with Gasteiger partial charge in [0, 0.05) is 38.2 Å². The number of pyridine rings is 2. The first kappa shape index (κ1) is 13.2. The molecule has 0 aliphatic carbocycles. The minimum absolute atomic E-state index is 0.640. The van der Waals surface area contributed by atoms with E-state index < -0.39 is 0 Å². The molecule has 0 bridgehead atoms. The molecule has 1 aliphatic rings. The summed E-state index contributed by atoms with van der Waals surface area (Å²) in [5.74, 6) is 1.07. The molecule has 2 aromatic heterocycles. The molecular formula is C15H17ClN4. The minimum Gasteiger partial charge on any atom is -0.380 e. The quantitative estimate of drug-likeness (QED) is 0.937. The zero-order valence-corrected chi connectivity index (χ0v) is 12.0. The van der Waals surface area contributed by atoms with Crippen molar-refractivity contribution in [2.24, 2.45) is 0 Å². The summed E-state index contributed by atoms with van der Waals surface area (Å²) in [5.41, 5.74) is 2.11. The molecule has 1 N–H and O–H groups in total. The van der Waals surface area contributed by atoms with Crippen LogP contribution in [-0.2, 0) is 6.54 Å². The van der Waals surface area contributed by atoms with Crippen molar-refractivity contribution in [3.8, 4) is 0 Å². The van der Waals surface area contributed by atoms with Crippen LogP contribution < -0.4 is 10.2 Å². The zero-order valence-electron chi connectivity index (χ0n) is 11.2. The summed E-state index contributed by atoms with van der Waals surface area (Å²) in [6.07, 6.45) is 7.77. The van der Waals surface area contributed by atoms with Gasteiger partial charge in [0.15, 0.2) is 0 Å². The van der Waals surface area contributed by atoms with Crippen molar-refractivity contribution in [3.05, 3.63) is 47.4 Å². The highest BCUT2D eigenvalue weighted by atomic mass is 35.5. The Morgan fingerprint density at radius 1 is 1.20 bits per heavy atom. The Morgan fingerprint density at radius 2 is 2.05 bits per heavy atom. The van der Waals surface area contributed by atoms with E-state index in [9.17, 15) is 0 Å². The number of nitrogens with zero attached hydrogens (tertiary/aromatic N) is 3. The van der Waals surface area contributed by atoms with Gasteiger partial charge in [-0.15, -0.1) is 0 Å². The van der Waals surface area contributed by atoms with Gasteiger partial charge in [-0.25, -0.2) is 4.98 Å². The number of hydrogen-bond acceptors (Lipinski definition) is 4. The molecule has 0 saturated carbocycles. The zero-order chi connectivity index (χ0) is 13.8. The van der Waals surface area contributed by atoms with Gasteiger partial charge < -0.3 is 10.2 Å². The van der Waals surface area contributed by atoms with E-state index in [0.29, 0.717) is 5.02 Å². The number of nitrogens with one attached hydrogen (secondary N) is 1. The molecule has 20 heavy (non-hydrogen) atoms. The van der Waals surface area contributed by atoms with Crippen LogP contribution in [0.15, 0.2) is 36.8 Å². The van der Waals surface area contributed by atoms with Crippen molar-refractivity contribution in [2.45, 2.75) is 19.4 Å². The molecule has 104 valence electrons. The lowest BCUT2D eigenvalue weighted by Gasteiger charge is -2.17. The average Bonchev–Trinajstić information content (AvgIpc) is 3.01. The van der Waals surface area contributed by atoms with E-state index in [0.717, 1.165) is 31.1 Å². The normalized spacial score (nSPS) is 14.6. The third-order valence-corrected chi connectivity index (χ3v) is 3.80. The van der Waals surface area contributed by atoms with Gasteiger partial charge in [-0.05, 0) is 36.6 Å².